The summed E-state index contributed by atoms with van der Waals surface area (Å²) in [7, 11) is 2.41. The van der Waals surface area contributed by atoms with Crippen molar-refractivity contribution in [2.24, 2.45) is 5.73 Å². The van der Waals surface area contributed by atoms with E-state index in [-0.39, 0.29) is 7.43 Å². The van der Waals surface area contributed by atoms with Crippen molar-refractivity contribution in [1.82, 2.24) is 0 Å². The molecular weight excluding hydrogens is 174 g/mol. The Hall–Kier alpha value is -0.120. The zero-order valence-corrected chi connectivity index (χ0v) is 8.84. The lowest BCUT2D eigenvalue weighted by Gasteiger charge is -2.54. The normalized spacial score (nSPS) is 40.7. The monoisotopic (exact) mass is 201 g/mol. The van der Waals surface area contributed by atoms with Crippen LogP contribution in [0, 0.1) is 0 Å². The van der Waals surface area contributed by atoms with Crippen LogP contribution in [0.4, 0.5) is 0 Å². The molecule has 0 aliphatic carbocycles. The van der Waals surface area contributed by atoms with Crippen LogP contribution >= 0.6 is 0 Å². The van der Waals surface area contributed by atoms with E-state index in [4.69, 9.17) is 5.73 Å². The van der Waals surface area contributed by atoms with E-state index < -0.39 is 0 Å². The fourth-order valence-corrected chi connectivity index (χ4v) is 2.79. The van der Waals surface area contributed by atoms with Gasteiger partial charge in [-0.3, -0.25) is 0 Å². The molecule has 0 unspecified atom stereocenters. The molecule has 0 spiro atoms. The Morgan fingerprint density at radius 1 is 1.00 bits per heavy atom. The van der Waals surface area contributed by atoms with Gasteiger partial charge in [0.2, 0.25) is 0 Å². The Bertz CT molecular complexity index is 160. The van der Waals surface area contributed by atoms with E-state index in [1.165, 1.54) is 61.2 Å². The first-order valence-electron chi connectivity index (χ1n) is 5.57. The minimum Gasteiger partial charge on any atom is -0.330 e. The van der Waals surface area contributed by atoms with Crippen molar-refractivity contribution in [3.8, 4) is 0 Å². The molecule has 0 aromatic heterocycles. The summed E-state index contributed by atoms with van der Waals surface area (Å²) in [5, 5.41) is 0. The van der Waals surface area contributed by atoms with Gasteiger partial charge in [-0.2, -0.15) is 0 Å². The molecule has 3 aliphatic rings. The molecule has 14 heavy (non-hydrogen) atoms. The Labute approximate surface area is 88.7 Å². The van der Waals surface area contributed by atoms with Gasteiger partial charge in [0.1, 0.15) is 39.3 Å². The van der Waals surface area contributed by atoms with Gasteiger partial charge in [0.15, 0.2) is 0 Å². The van der Waals surface area contributed by atoms with Crippen molar-refractivity contribution >= 4 is 0 Å². The van der Waals surface area contributed by atoms with Gasteiger partial charge in [0, 0.05) is 6.42 Å². The number of piperazine rings is 3. The first-order chi connectivity index (χ1) is 6.18. The largest absolute Gasteiger partial charge is 0.330 e. The zero-order chi connectivity index (χ0) is 9.36. The van der Waals surface area contributed by atoms with Gasteiger partial charge >= 0.3 is 0 Å². The van der Waals surface area contributed by atoms with Gasteiger partial charge in [0.05, 0.1) is 13.6 Å². The van der Waals surface area contributed by atoms with Crippen LogP contribution in [0.3, 0.4) is 0 Å². The third-order valence-corrected chi connectivity index (χ3v) is 4.18. The van der Waals surface area contributed by atoms with Crippen molar-refractivity contribution in [3.05, 3.63) is 0 Å². The second-order valence-corrected chi connectivity index (χ2v) is 5.17. The number of nitrogens with zero attached hydrogens (tertiary/aromatic N) is 2. The highest BCUT2D eigenvalue weighted by Gasteiger charge is 2.45. The van der Waals surface area contributed by atoms with E-state index in [0.29, 0.717) is 0 Å². The van der Waals surface area contributed by atoms with Gasteiger partial charge < -0.3 is 14.7 Å². The third kappa shape index (κ3) is 2.10. The minimum absolute atomic E-state index is 0. The summed E-state index contributed by atoms with van der Waals surface area (Å²) in [5.74, 6) is 0. The molecule has 0 aromatic carbocycles. The number of rotatable bonds is 3. The highest BCUT2D eigenvalue weighted by Crippen LogP contribution is 2.24. The van der Waals surface area contributed by atoms with Gasteiger partial charge in [-0.15, -0.1) is 0 Å². The molecule has 3 fully saturated rings. The molecular formula is C11H27N3+2. The zero-order valence-electron chi connectivity index (χ0n) is 8.84. The van der Waals surface area contributed by atoms with Gasteiger partial charge in [-0.05, 0) is 6.54 Å². The van der Waals surface area contributed by atoms with Gasteiger partial charge in [-0.1, -0.05) is 7.43 Å². The van der Waals surface area contributed by atoms with E-state index >= 15 is 0 Å². The smallest absolute Gasteiger partial charge is 0.129 e. The number of fused-ring (bicyclic) bond motifs is 3. The van der Waals surface area contributed by atoms with E-state index in [1.54, 1.807) is 0 Å². The molecule has 3 aliphatic heterocycles. The van der Waals surface area contributed by atoms with Crippen molar-refractivity contribution < 1.29 is 8.97 Å². The topological polar surface area (TPSA) is 26.0 Å². The van der Waals surface area contributed by atoms with Crippen LogP contribution in [0.5, 0.6) is 0 Å². The fourth-order valence-electron chi connectivity index (χ4n) is 2.79. The van der Waals surface area contributed by atoms with Crippen molar-refractivity contribution in [1.29, 1.82) is 0 Å². The quantitative estimate of drug-likeness (QED) is 0.651. The summed E-state index contributed by atoms with van der Waals surface area (Å²) in [6, 6.07) is 0. The van der Waals surface area contributed by atoms with Gasteiger partial charge in [-0.25, -0.2) is 0 Å². The van der Waals surface area contributed by atoms with Crippen LogP contribution in [-0.4, -0.2) is 68.4 Å². The standard InChI is InChI=1S/C10H23N3.CH4/c1-12-5-8-13(9-6-12,10-7-12)4-2-3-11;/h2-11H2,1H3;1H4/q+2;. The lowest BCUT2D eigenvalue weighted by molar-refractivity contribution is -1.07. The third-order valence-electron chi connectivity index (χ3n) is 4.18. The molecule has 0 saturated carbocycles. The Kier molecular flexibility index (Phi) is 3.56. The van der Waals surface area contributed by atoms with E-state index in [2.05, 4.69) is 7.05 Å². The molecule has 3 nitrogen and oxygen atoms in total. The lowest BCUT2D eigenvalue weighted by Crippen LogP contribution is -2.73. The molecule has 2 N–H and O–H groups in total. The number of likely N-dealkylation sites (N-methyl/N-ethyl adjacent to an activating group) is 1. The number of hydrogen-bond acceptors (Lipinski definition) is 1. The SMILES string of the molecule is C.C[N+]12CC[N+](CCCN)(CC1)CC2. The summed E-state index contributed by atoms with van der Waals surface area (Å²) < 4.78 is 2.72. The van der Waals surface area contributed by atoms with Crippen LogP contribution in [0.15, 0.2) is 0 Å². The number of quaternary nitrogens is 2. The molecule has 2 bridgehead atoms. The summed E-state index contributed by atoms with van der Waals surface area (Å²) in [6.07, 6.45) is 1.21. The Morgan fingerprint density at radius 3 is 1.93 bits per heavy atom. The molecule has 0 aromatic rings. The average Bonchev–Trinajstić information content (AvgIpc) is 2.18. The van der Waals surface area contributed by atoms with Crippen LogP contribution in [0.1, 0.15) is 13.8 Å². The predicted octanol–water partition coefficient (Wildman–Crippen LogP) is 0.262. The maximum atomic E-state index is 5.58. The molecule has 3 heterocycles. The van der Waals surface area contributed by atoms with E-state index in [9.17, 15) is 0 Å². The molecule has 0 atom stereocenters. The maximum Gasteiger partial charge on any atom is 0.129 e. The van der Waals surface area contributed by atoms with Crippen LogP contribution in [0.25, 0.3) is 0 Å². The van der Waals surface area contributed by atoms with E-state index in [1.807, 2.05) is 0 Å². The summed E-state index contributed by atoms with van der Waals surface area (Å²) in [6.45, 7) is 10.6. The van der Waals surface area contributed by atoms with Crippen LogP contribution in [-0.2, 0) is 0 Å². The Balaban J connectivity index is 0.000000980. The average molecular weight is 201 g/mol. The summed E-state index contributed by atoms with van der Waals surface area (Å²) in [5.41, 5.74) is 5.58. The van der Waals surface area contributed by atoms with E-state index in [0.717, 1.165) is 6.54 Å². The predicted molar refractivity (Wildman–Crippen MR) is 60.9 cm³/mol. The molecule has 0 radical (unpaired) electrons. The first-order valence-corrected chi connectivity index (χ1v) is 5.57. The highest BCUT2D eigenvalue weighted by molar-refractivity contribution is 4.60. The molecule has 3 heteroatoms. The lowest BCUT2D eigenvalue weighted by atomic mass is 10.1. The summed E-state index contributed by atoms with van der Waals surface area (Å²) in [4.78, 5) is 0. The van der Waals surface area contributed by atoms with Crippen molar-refractivity contribution in [2.45, 2.75) is 13.8 Å². The minimum atomic E-state index is 0. The second kappa shape index (κ2) is 4.17. The number of nitrogens with two attached hydrogens (primary N) is 1. The van der Waals surface area contributed by atoms with Crippen LogP contribution < -0.4 is 5.73 Å². The molecule has 3 saturated heterocycles. The highest BCUT2D eigenvalue weighted by atomic mass is 15.5. The summed E-state index contributed by atoms with van der Waals surface area (Å²) >= 11 is 0. The maximum absolute atomic E-state index is 5.58. The van der Waals surface area contributed by atoms with Crippen LogP contribution in [0.2, 0.25) is 0 Å². The molecule has 0 amide bonds. The Morgan fingerprint density at radius 2 is 1.50 bits per heavy atom. The molecule has 3 rings (SSSR count). The second-order valence-electron chi connectivity index (χ2n) is 5.17. The first kappa shape index (κ1) is 12.0. The molecule has 84 valence electrons. The van der Waals surface area contributed by atoms with Crippen molar-refractivity contribution in [3.63, 3.8) is 0 Å². The van der Waals surface area contributed by atoms with Crippen molar-refractivity contribution in [2.75, 3.05) is 59.4 Å². The van der Waals surface area contributed by atoms with Gasteiger partial charge in [0.25, 0.3) is 0 Å². The fraction of sp³-hybridized carbons (Fsp3) is 1.00. The number of hydrogen-bond donors (Lipinski definition) is 1.